The van der Waals surface area contributed by atoms with Crippen LogP contribution in [-0.4, -0.2) is 21.8 Å². The van der Waals surface area contributed by atoms with Crippen LogP contribution < -0.4 is 5.32 Å². The minimum absolute atomic E-state index is 0.143. The van der Waals surface area contributed by atoms with Gasteiger partial charge in [-0.25, -0.2) is 9.78 Å². The summed E-state index contributed by atoms with van der Waals surface area (Å²) in [6.07, 6.45) is -0.563. The van der Waals surface area contributed by atoms with E-state index in [1.807, 2.05) is 24.3 Å². The molecule has 2 N–H and O–H groups in total. The summed E-state index contributed by atoms with van der Waals surface area (Å²) in [6.45, 7) is 5.23. The summed E-state index contributed by atoms with van der Waals surface area (Å²) in [5.41, 5.74) is 0.945. The molecule has 1 heterocycles. The number of nitrogens with zero attached hydrogens (tertiary/aromatic N) is 1. The number of ether oxygens (including phenoxy) is 1. The molecule has 0 radical (unpaired) electrons. The highest BCUT2D eigenvalue weighted by molar-refractivity contribution is 9.10. The molecule has 118 valence electrons. The van der Waals surface area contributed by atoms with E-state index >= 15 is 0 Å². The maximum absolute atomic E-state index is 11.8. The first-order valence-corrected chi connectivity index (χ1v) is 8.26. The number of hydrogen-bond acceptors (Lipinski definition) is 5. The van der Waals surface area contributed by atoms with Crippen molar-refractivity contribution < 1.29 is 14.6 Å². The average molecular weight is 385 g/mol. The van der Waals surface area contributed by atoms with Crippen LogP contribution in [0.5, 0.6) is 0 Å². The molecule has 1 aromatic heterocycles. The molecule has 0 atom stereocenters. The van der Waals surface area contributed by atoms with E-state index < -0.39 is 11.7 Å². The summed E-state index contributed by atoms with van der Waals surface area (Å²) in [5.74, 6) is 0. The van der Waals surface area contributed by atoms with Gasteiger partial charge in [-0.1, -0.05) is 39.4 Å². The van der Waals surface area contributed by atoms with Crippen molar-refractivity contribution in [3.05, 3.63) is 33.6 Å². The second kappa shape index (κ2) is 6.76. The highest BCUT2D eigenvalue weighted by Gasteiger charge is 2.19. The van der Waals surface area contributed by atoms with Crippen LogP contribution in [0.4, 0.5) is 9.93 Å². The lowest BCUT2D eigenvalue weighted by molar-refractivity contribution is 0.0636. The van der Waals surface area contributed by atoms with Crippen molar-refractivity contribution in [1.82, 2.24) is 4.98 Å². The molecule has 1 amide bonds. The minimum atomic E-state index is -0.575. The lowest BCUT2D eigenvalue weighted by Crippen LogP contribution is -2.27. The number of hydrogen-bond donors (Lipinski definition) is 2. The molecular formula is C15H17BrN2O3S. The van der Waals surface area contributed by atoms with E-state index in [-0.39, 0.29) is 6.61 Å². The van der Waals surface area contributed by atoms with Crippen LogP contribution in [0.15, 0.2) is 28.7 Å². The number of carbonyl (C=O) groups is 1. The first-order valence-electron chi connectivity index (χ1n) is 6.65. The Hall–Kier alpha value is -1.44. The van der Waals surface area contributed by atoms with Crippen LogP contribution in [0.25, 0.3) is 11.3 Å². The molecule has 2 aromatic rings. The number of thiazole rings is 1. The van der Waals surface area contributed by atoms with Crippen LogP contribution in [0.1, 0.15) is 25.6 Å². The Morgan fingerprint density at radius 3 is 2.77 bits per heavy atom. The lowest BCUT2D eigenvalue weighted by Gasteiger charge is -2.18. The van der Waals surface area contributed by atoms with Gasteiger partial charge in [0, 0.05) is 10.0 Å². The monoisotopic (exact) mass is 384 g/mol. The number of rotatable bonds is 3. The molecule has 0 unspecified atom stereocenters. The van der Waals surface area contributed by atoms with Gasteiger partial charge in [0.15, 0.2) is 5.13 Å². The molecule has 22 heavy (non-hydrogen) atoms. The SMILES string of the molecule is CC(C)(C)OC(=O)Nc1nc(-c2cccc(Br)c2)c(CO)s1. The molecule has 0 fully saturated rings. The Kier molecular flexibility index (Phi) is 5.20. The molecule has 0 bridgehead atoms. The number of aliphatic hydroxyl groups is 1. The number of aromatic nitrogens is 1. The number of halogens is 1. The van der Waals surface area contributed by atoms with Crippen molar-refractivity contribution in [2.24, 2.45) is 0 Å². The smallest absolute Gasteiger partial charge is 0.413 e. The van der Waals surface area contributed by atoms with Crippen LogP contribution in [0.3, 0.4) is 0 Å². The Morgan fingerprint density at radius 1 is 1.45 bits per heavy atom. The average Bonchev–Trinajstić information content (AvgIpc) is 2.79. The maximum atomic E-state index is 11.8. The van der Waals surface area contributed by atoms with Crippen molar-refractivity contribution in [2.75, 3.05) is 5.32 Å². The number of benzene rings is 1. The van der Waals surface area contributed by atoms with Crippen LogP contribution in [0.2, 0.25) is 0 Å². The van der Waals surface area contributed by atoms with Crippen molar-refractivity contribution in [1.29, 1.82) is 0 Å². The standard InChI is InChI=1S/C15H17BrN2O3S/c1-15(2,3)21-14(20)18-13-17-12(11(8-19)22-13)9-5-4-6-10(16)7-9/h4-7,19H,8H2,1-3H3,(H,17,18,20). The van der Waals surface area contributed by atoms with Gasteiger partial charge in [0.1, 0.15) is 5.60 Å². The zero-order valence-electron chi connectivity index (χ0n) is 12.5. The Bertz CT molecular complexity index is 680. The number of aliphatic hydroxyl groups excluding tert-OH is 1. The summed E-state index contributed by atoms with van der Waals surface area (Å²) >= 11 is 4.64. The number of nitrogens with one attached hydrogen (secondary N) is 1. The quantitative estimate of drug-likeness (QED) is 0.821. The van der Waals surface area contributed by atoms with Gasteiger partial charge < -0.3 is 9.84 Å². The van der Waals surface area contributed by atoms with Crippen LogP contribution in [0, 0.1) is 0 Å². The van der Waals surface area contributed by atoms with Gasteiger partial charge in [0.25, 0.3) is 0 Å². The fourth-order valence-electron chi connectivity index (χ4n) is 1.76. The third kappa shape index (κ3) is 4.53. The van der Waals surface area contributed by atoms with Gasteiger partial charge in [-0.15, -0.1) is 0 Å². The summed E-state index contributed by atoms with van der Waals surface area (Å²) in [7, 11) is 0. The van der Waals surface area contributed by atoms with E-state index in [2.05, 4.69) is 26.2 Å². The molecule has 1 aromatic carbocycles. The fraction of sp³-hybridized carbons (Fsp3) is 0.333. The molecule has 5 nitrogen and oxygen atoms in total. The van der Waals surface area contributed by atoms with Crippen molar-refractivity contribution in [3.8, 4) is 11.3 Å². The molecule has 7 heteroatoms. The predicted molar refractivity (Wildman–Crippen MR) is 91.0 cm³/mol. The van der Waals surface area contributed by atoms with Crippen LogP contribution in [-0.2, 0) is 11.3 Å². The number of anilines is 1. The summed E-state index contributed by atoms with van der Waals surface area (Å²) < 4.78 is 6.12. The molecule has 0 aliphatic carbocycles. The highest BCUT2D eigenvalue weighted by Crippen LogP contribution is 2.32. The molecule has 0 saturated heterocycles. The zero-order chi connectivity index (χ0) is 16.3. The van der Waals surface area contributed by atoms with E-state index in [9.17, 15) is 9.90 Å². The maximum Gasteiger partial charge on any atom is 0.413 e. The molecule has 0 aliphatic heterocycles. The highest BCUT2D eigenvalue weighted by atomic mass is 79.9. The van der Waals surface area contributed by atoms with Gasteiger partial charge in [0.2, 0.25) is 0 Å². The van der Waals surface area contributed by atoms with Gasteiger partial charge in [-0.05, 0) is 32.9 Å². The number of carbonyl (C=O) groups excluding carboxylic acids is 1. The second-order valence-electron chi connectivity index (χ2n) is 5.59. The normalized spacial score (nSPS) is 11.3. The van der Waals surface area contributed by atoms with Crippen molar-refractivity contribution in [3.63, 3.8) is 0 Å². The van der Waals surface area contributed by atoms with E-state index in [4.69, 9.17) is 4.74 Å². The molecule has 0 spiro atoms. The zero-order valence-corrected chi connectivity index (χ0v) is 14.9. The summed E-state index contributed by atoms with van der Waals surface area (Å²) in [4.78, 5) is 16.9. The predicted octanol–water partition coefficient (Wildman–Crippen LogP) is 4.41. The van der Waals surface area contributed by atoms with E-state index in [1.165, 1.54) is 11.3 Å². The third-order valence-electron chi connectivity index (χ3n) is 2.55. The van der Waals surface area contributed by atoms with Gasteiger partial charge in [-0.2, -0.15) is 0 Å². The fourth-order valence-corrected chi connectivity index (χ4v) is 2.99. The van der Waals surface area contributed by atoms with Gasteiger partial charge >= 0.3 is 6.09 Å². The van der Waals surface area contributed by atoms with Crippen LogP contribution >= 0.6 is 27.3 Å². The van der Waals surface area contributed by atoms with Gasteiger partial charge in [-0.3, -0.25) is 5.32 Å². The van der Waals surface area contributed by atoms with E-state index in [0.717, 1.165) is 10.0 Å². The van der Waals surface area contributed by atoms with Crippen molar-refractivity contribution in [2.45, 2.75) is 33.0 Å². The number of amides is 1. The topological polar surface area (TPSA) is 71.5 Å². The van der Waals surface area contributed by atoms with Gasteiger partial charge in [0.05, 0.1) is 17.2 Å². The second-order valence-corrected chi connectivity index (χ2v) is 7.59. The van der Waals surface area contributed by atoms with E-state index in [0.29, 0.717) is 15.7 Å². The third-order valence-corrected chi connectivity index (χ3v) is 4.00. The van der Waals surface area contributed by atoms with Crippen molar-refractivity contribution >= 4 is 38.5 Å². The molecular weight excluding hydrogens is 368 g/mol. The Labute approximate surface area is 141 Å². The first-order chi connectivity index (χ1) is 10.3. The molecule has 0 aliphatic rings. The molecule has 2 rings (SSSR count). The Balaban J connectivity index is 2.24. The first kappa shape index (κ1) is 16.9. The lowest BCUT2D eigenvalue weighted by atomic mass is 10.1. The minimum Gasteiger partial charge on any atom is -0.444 e. The Morgan fingerprint density at radius 2 is 2.18 bits per heavy atom. The summed E-state index contributed by atoms with van der Waals surface area (Å²) in [6, 6.07) is 7.61. The molecule has 0 saturated carbocycles. The van der Waals surface area contributed by atoms with E-state index in [1.54, 1.807) is 20.8 Å². The largest absolute Gasteiger partial charge is 0.444 e. The summed E-state index contributed by atoms with van der Waals surface area (Å²) in [5, 5.41) is 12.5.